The molecule has 0 saturated heterocycles. The van der Waals surface area contributed by atoms with Crippen LogP contribution in [0.25, 0.3) is 21.9 Å². The lowest BCUT2D eigenvalue weighted by Crippen LogP contribution is -3.12. The summed E-state index contributed by atoms with van der Waals surface area (Å²) in [5, 5.41) is 4.53. The van der Waals surface area contributed by atoms with Gasteiger partial charge in [0.1, 0.15) is 23.1 Å². The fraction of sp³-hybridized carbons (Fsp3) is 0.545. The number of ether oxygens (including phenoxy) is 1. The summed E-state index contributed by atoms with van der Waals surface area (Å²) in [6, 6.07) is 6.00. The number of anilines is 1. The van der Waals surface area contributed by atoms with Crippen molar-refractivity contribution in [2.75, 3.05) is 38.6 Å². The van der Waals surface area contributed by atoms with Gasteiger partial charge in [0, 0.05) is 13.0 Å². The third-order valence-corrected chi connectivity index (χ3v) is 5.36. The van der Waals surface area contributed by atoms with Crippen molar-refractivity contribution in [1.29, 1.82) is 0 Å². The Bertz CT molecular complexity index is 868. The number of aromatic nitrogens is 3. The number of unbranched alkanes of at least 4 members (excludes halogenated alkanes) is 2. The molecule has 152 valence electrons. The van der Waals surface area contributed by atoms with Crippen molar-refractivity contribution in [3.05, 3.63) is 24.5 Å². The van der Waals surface area contributed by atoms with Gasteiger partial charge in [0.05, 0.1) is 37.6 Å². The number of nitrogens with one attached hydrogen (secondary N) is 3. The van der Waals surface area contributed by atoms with Gasteiger partial charge >= 0.3 is 0 Å². The summed E-state index contributed by atoms with van der Waals surface area (Å²) < 4.78 is 5.52. The molecule has 0 amide bonds. The van der Waals surface area contributed by atoms with Crippen LogP contribution in [-0.2, 0) is 0 Å². The molecule has 1 aromatic carbocycles. The van der Waals surface area contributed by atoms with E-state index in [4.69, 9.17) is 4.74 Å². The fourth-order valence-corrected chi connectivity index (χ4v) is 3.79. The Morgan fingerprint density at radius 2 is 1.79 bits per heavy atom. The molecule has 3 aromatic rings. The van der Waals surface area contributed by atoms with Gasteiger partial charge in [-0.1, -0.05) is 32.8 Å². The minimum atomic E-state index is 0.833. The van der Waals surface area contributed by atoms with Crippen molar-refractivity contribution in [2.45, 2.75) is 46.0 Å². The lowest BCUT2D eigenvalue weighted by Gasteiger charge is -2.19. The maximum Gasteiger partial charge on any atom is 0.153 e. The molecule has 0 bridgehead atoms. The fourth-order valence-electron chi connectivity index (χ4n) is 3.79. The van der Waals surface area contributed by atoms with Crippen molar-refractivity contribution >= 4 is 27.8 Å². The molecule has 0 spiro atoms. The van der Waals surface area contributed by atoms with Crippen LogP contribution in [0.1, 0.15) is 46.0 Å². The molecule has 0 fully saturated rings. The Kier molecular flexibility index (Phi) is 7.48. The van der Waals surface area contributed by atoms with E-state index < -0.39 is 0 Å². The van der Waals surface area contributed by atoms with Crippen molar-refractivity contribution in [1.82, 2.24) is 15.0 Å². The van der Waals surface area contributed by atoms with Crippen LogP contribution in [0.2, 0.25) is 0 Å². The van der Waals surface area contributed by atoms with Gasteiger partial charge in [0.25, 0.3) is 0 Å². The Labute approximate surface area is 167 Å². The van der Waals surface area contributed by atoms with Crippen LogP contribution in [-0.4, -0.2) is 48.2 Å². The van der Waals surface area contributed by atoms with Gasteiger partial charge in [-0.05, 0) is 25.0 Å². The highest BCUT2D eigenvalue weighted by Gasteiger charge is 2.14. The molecule has 0 saturated carbocycles. The normalized spacial score (nSPS) is 11.6. The Balaban J connectivity index is 1.66. The van der Waals surface area contributed by atoms with Gasteiger partial charge in [0.2, 0.25) is 0 Å². The molecule has 2 heterocycles. The first-order valence-corrected chi connectivity index (χ1v) is 10.6. The average molecular weight is 385 g/mol. The molecule has 3 N–H and O–H groups in total. The van der Waals surface area contributed by atoms with E-state index in [1.54, 1.807) is 18.3 Å². The molecule has 0 atom stereocenters. The number of aromatic amines is 1. The molecule has 28 heavy (non-hydrogen) atoms. The molecule has 0 aliphatic heterocycles. The molecule has 6 heteroatoms. The van der Waals surface area contributed by atoms with E-state index in [1.807, 2.05) is 18.2 Å². The van der Waals surface area contributed by atoms with Crippen LogP contribution in [0.15, 0.2) is 24.5 Å². The van der Waals surface area contributed by atoms with Gasteiger partial charge < -0.3 is 19.9 Å². The summed E-state index contributed by atoms with van der Waals surface area (Å²) in [7, 11) is 1.69. The summed E-state index contributed by atoms with van der Waals surface area (Å²) in [5.41, 5.74) is 2.87. The predicted molar refractivity (Wildman–Crippen MR) is 116 cm³/mol. The molecule has 0 aliphatic rings. The molecule has 2 aromatic heterocycles. The SMILES string of the molecule is CCCC[NH+](CCCC)CCCNc1ncnc2c1[nH]c1cccc(OC)c12. The van der Waals surface area contributed by atoms with Gasteiger partial charge in [-0.3, -0.25) is 0 Å². The molecule has 6 nitrogen and oxygen atoms in total. The lowest BCUT2D eigenvalue weighted by atomic mass is 10.2. The lowest BCUT2D eigenvalue weighted by molar-refractivity contribution is -0.900. The van der Waals surface area contributed by atoms with E-state index in [0.717, 1.165) is 46.5 Å². The quantitative estimate of drug-likeness (QED) is 0.419. The Morgan fingerprint density at radius 3 is 2.50 bits per heavy atom. The van der Waals surface area contributed by atoms with E-state index in [2.05, 4.69) is 34.1 Å². The van der Waals surface area contributed by atoms with E-state index in [9.17, 15) is 0 Å². The monoisotopic (exact) mass is 384 g/mol. The van der Waals surface area contributed by atoms with Gasteiger partial charge in [0.15, 0.2) is 5.82 Å². The van der Waals surface area contributed by atoms with Crippen molar-refractivity contribution in [3.63, 3.8) is 0 Å². The molecule has 0 radical (unpaired) electrons. The zero-order valence-electron chi connectivity index (χ0n) is 17.5. The predicted octanol–water partition coefficient (Wildman–Crippen LogP) is 3.41. The number of rotatable bonds is 12. The number of fused-ring (bicyclic) bond motifs is 3. The number of benzene rings is 1. The van der Waals surface area contributed by atoms with Crippen molar-refractivity contribution in [3.8, 4) is 5.75 Å². The number of quaternary nitrogens is 1. The molecule has 0 aliphatic carbocycles. The van der Waals surface area contributed by atoms with E-state index in [1.165, 1.54) is 45.3 Å². The number of hydrogen-bond donors (Lipinski definition) is 3. The highest BCUT2D eigenvalue weighted by Crippen LogP contribution is 2.33. The van der Waals surface area contributed by atoms with Crippen molar-refractivity contribution < 1.29 is 9.64 Å². The minimum Gasteiger partial charge on any atom is -0.496 e. The number of methoxy groups -OCH3 is 1. The minimum absolute atomic E-state index is 0.833. The smallest absolute Gasteiger partial charge is 0.153 e. The van der Waals surface area contributed by atoms with E-state index in [0.29, 0.717) is 0 Å². The van der Waals surface area contributed by atoms with Gasteiger partial charge in [-0.25, -0.2) is 9.97 Å². The second kappa shape index (κ2) is 10.3. The largest absolute Gasteiger partial charge is 0.496 e. The third kappa shape index (κ3) is 4.73. The number of nitrogens with zero attached hydrogens (tertiary/aromatic N) is 2. The number of H-pyrrole nitrogens is 1. The van der Waals surface area contributed by atoms with Crippen LogP contribution in [0, 0.1) is 0 Å². The zero-order valence-corrected chi connectivity index (χ0v) is 17.5. The van der Waals surface area contributed by atoms with Crippen LogP contribution in [0.3, 0.4) is 0 Å². The molecular formula is C22H34N5O+. The second-order valence-electron chi connectivity index (χ2n) is 7.44. The topological polar surface area (TPSA) is 67.3 Å². The zero-order chi connectivity index (χ0) is 19.8. The first kappa shape index (κ1) is 20.4. The first-order valence-electron chi connectivity index (χ1n) is 10.6. The Morgan fingerprint density at radius 1 is 1.04 bits per heavy atom. The van der Waals surface area contributed by atoms with Crippen LogP contribution in [0.5, 0.6) is 5.75 Å². The van der Waals surface area contributed by atoms with Crippen LogP contribution < -0.4 is 15.0 Å². The highest BCUT2D eigenvalue weighted by atomic mass is 16.5. The Hall–Kier alpha value is -2.34. The summed E-state index contributed by atoms with van der Waals surface area (Å²) >= 11 is 0. The highest BCUT2D eigenvalue weighted by molar-refractivity contribution is 6.10. The van der Waals surface area contributed by atoms with Gasteiger partial charge in [-0.15, -0.1) is 0 Å². The third-order valence-electron chi connectivity index (χ3n) is 5.36. The van der Waals surface area contributed by atoms with E-state index >= 15 is 0 Å². The number of hydrogen-bond acceptors (Lipinski definition) is 4. The van der Waals surface area contributed by atoms with Crippen LogP contribution >= 0.6 is 0 Å². The first-order chi connectivity index (χ1) is 13.8. The maximum absolute atomic E-state index is 5.52. The molecular weight excluding hydrogens is 350 g/mol. The van der Waals surface area contributed by atoms with Crippen molar-refractivity contribution in [2.24, 2.45) is 0 Å². The maximum atomic E-state index is 5.52. The second-order valence-corrected chi connectivity index (χ2v) is 7.44. The van der Waals surface area contributed by atoms with E-state index in [-0.39, 0.29) is 0 Å². The summed E-state index contributed by atoms with van der Waals surface area (Å²) in [6.07, 6.45) is 7.95. The summed E-state index contributed by atoms with van der Waals surface area (Å²) in [6.45, 7) is 9.25. The summed E-state index contributed by atoms with van der Waals surface area (Å²) in [4.78, 5) is 14.2. The van der Waals surface area contributed by atoms with Crippen LogP contribution in [0.4, 0.5) is 5.82 Å². The molecule has 0 unspecified atom stereocenters. The average Bonchev–Trinajstić information content (AvgIpc) is 3.12. The standard InChI is InChI=1S/C22H33N5O/c1-4-6-13-27(14-7-5-2)15-9-12-23-22-21-20(24-16-25-22)19-17(26-21)10-8-11-18(19)28-3/h8,10-11,16,26H,4-7,9,12-15H2,1-3H3,(H,23,24,25)/p+1. The summed E-state index contributed by atoms with van der Waals surface area (Å²) in [5.74, 6) is 1.70. The van der Waals surface area contributed by atoms with Gasteiger partial charge in [-0.2, -0.15) is 0 Å². The molecule has 3 rings (SSSR count).